The maximum atomic E-state index is 15.0. The minimum absolute atomic E-state index is 0.0115. The first kappa shape index (κ1) is 26.7. The summed E-state index contributed by atoms with van der Waals surface area (Å²) in [5.74, 6) is -4.52. The number of carbonyl (C=O) groups is 2. The number of amides is 2. The zero-order chi connectivity index (χ0) is 25.4. The molecular formula is C22H22F3IN4O5. The Bertz CT molecular complexity index is 1120. The van der Waals surface area contributed by atoms with Gasteiger partial charge in [-0.1, -0.05) is 5.16 Å². The first-order valence-electron chi connectivity index (χ1n) is 10.5. The maximum absolute atomic E-state index is 15.0. The Hall–Kier alpha value is -2.91. The molecule has 3 rings (SSSR count). The van der Waals surface area contributed by atoms with Crippen LogP contribution in [0.1, 0.15) is 28.8 Å². The van der Waals surface area contributed by atoms with E-state index in [4.69, 9.17) is 14.8 Å². The van der Waals surface area contributed by atoms with Crippen LogP contribution in [-0.4, -0.2) is 60.9 Å². The Balaban J connectivity index is 1.83. The third kappa shape index (κ3) is 7.05. The van der Waals surface area contributed by atoms with Gasteiger partial charge in [0.15, 0.2) is 11.6 Å². The summed E-state index contributed by atoms with van der Waals surface area (Å²) in [5.41, 5.74) is 0.359. The molecule has 2 aromatic carbocycles. The highest BCUT2D eigenvalue weighted by atomic mass is 127. The fourth-order valence-corrected chi connectivity index (χ4v) is 3.68. The molecule has 188 valence electrons. The summed E-state index contributed by atoms with van der Waals surface area (Å²) >= 11 is 1.89. The van der Waals surface area contributed by atoms with Crippen LogP contribution in [0.5, 0.6) is 0 Å². The number of nitrogens with one attached hydrogen (secondary N) is 2. The van der Waals surface area contributed by atoms with E-state index in [1.165, 1.54) is 12.1 Å². The van der Waals surface area contributed by atoms with Crippen molar-refractivity contribution in [3.05, 3.63) is 56.4 Å². The van der Waals surface area contributed by atoms with E-state index in [0.29, 0.717) is 23.1 Å². The number of benzene rings is 2. The van der Waals surface area contributed by atoms with E-state index in [0.717, 1.165) is 18.7 Å². The highest BCUT2D eigenvalue weighted by Crippen LogP contribution is 2.30. The summed E-state index contributed by atoms with van der Waals surface area (Å²) in [6.07, 6.45) is 2.13. The number of oxime groups is 1. The Morgan fingerprint density at radius 2 is 2.03 bits per heavy atom. The predicted molar refractivity (Wildman–Crippen MR) is 129 cm³/mol. The monoisotopic (exact) mass is 606 g/mol. The molecule has 0 aromatic heterocycles. The highest BCUT2D eigenvalue weighted by Gasteiger charge is 2.24. The van der Waals surface area contributed by atoms with Gasteiger partial charge < -0.3 is 20.2 Å². The number of likely N-dealkylation sites (tertiary alicyclic amines) is 1. The van der Waals surface area contributed by atoms with Crippen molar-refractivity contribution in [2.24, 2.45) is 5.16 Å². The van der Waals surface area contributed by atoms with Crippen molar-refractivity contribution in [1.82, 2.24) is 10.4 Å². The van der Waals surface area contributed by atoms with E-state index < -0.39 is 46.8 Å². The summed E-state index contributed by atoms with van der Waals surface area (Å²) in [7, 11) is 0. The van der Waals surface area contributed by atoms with Crippen LogP contribution in [0.15, 0.2) is 29.4 Å². The normalized spacial score (nSPS) is 13.5. The first-order valence-corrected chi connectivity index (χ1v) is 11.6. The topological polar surface area (TPSA) is 112 Å². The summed E-state index contributed by atoms with van der Waals surface area (Å²) in [5, 5.41) is 14.8. The lowest BCUT2D eigenvalue weighted by Gasteiger charge is -2.16. The Labute approximate surface area is 212 Å². The molecule has 1 saturated heterocycles. The van der Waals surface area contributed by atoms with Crippen LogP contribution in [0.25, 0.3) is 0 Å². The zero-order valence-corrected chi connectivity index (χ0v) is 20.5. The molecule has 2 aromatic rings. The molecule has 1 aliphatic heterocycles. The smallest absolute Gasteiger partial charge is 0.277 e. The van der Waals surface area contributed by atoms with Crippen molar-refractivity contribution < 1.29 is 37.5 Å². The van der Waals surface area contributed by atoms with E-state index in [9.17, 15) is 18.4 Å². The minimum atomic E-state index is -1.46. The van der Waals surface area contributed by atoms with E-state index in [-0.39, 0.29) is 24.8 Å². The molecule has 0 aliphatic carbocycles. The molecule has 35 heavy (non-hydrogen) atoms. The molecule has 0 radical (unpaired) electrons. The second-order valence-electron chi connectivity index (χ2n) is 7.32. The van der Waals surface area contributed by atoms with Gasteiger partial charge in [0, 0.05) is 22.1 Å². The van der Waals surface area contributed by atoms with E-state index in [1.807, 2.05) is 28.1 Å². The molecular weight excluding hydrogens is 584 g/mol. The van der Waals surface area contributed by atoms with Crippen LogP contribution in [0.2, 0.25) is 0 Å². The van der Waals surface area contributed by atoms with Gasteiger partial charge in [-0.2, -0.15) is 0 Å². The van der Waals surface area contributed by atoms with Crippen molar-refractivity contribution in [3.8, 4) is 0 Å². The van der Waals surface area contributed by atoms with Crippen LogP contribution in [-0.2, 0) is 14.5 Å². The van der Waals surface area contributed by atoms with Crippen molar-refractivity contribution in [3.63, 3.8) is 0 Å². The summed E-state index contributed by atoms with van der Waals surface area (Å²) in [6.45, 7) is 0.326. The molecule has 0 saturated carbocycles. The Kier molecular flexibility index (Phi) is 9.68. The summed E-state index contributed by atoms with van der Waals surface area (Å²) in [6, 6.07) is 5.01. The lowest BCUT2D eigenvalue weighted by atomic mass is 10.1. The average Bonchev–Trinajstić information content (AvgIpc) is 3.24. The summed E-state index contributed by atoms with van der Waals surface area (Å²) < 4.78 is 44.7. The van der Waals surface area contributed by atoms with Crippen molar-refractivity contribution >= 4 is 52.0 Å². The standard InChI is InChI=1S/C22H22F3IN4O5/c23-16-11-14(26)3-4-17(16)28-21-15(22(33)29-35-9-7-31)10-13(19(24)20(21)25)12-27-34-8-6-30-5-1-2-18(30)32/h3-4,10-12,28,31H,1-2,5-9H2,(H,29,33). The fourth-order valence-electron chi connectivity index (χ4n) is 3.22. The minimum Gasteiger partial charge on any atom is -0.394 e. The quantitative estimate of drug-likeness (QED) is 0.157. The Morgan fingerprint density at radius 1 is 1.23 bits per heavy atom. The molecule has 2 amide bonds. The molecule has 13 heteroatoms. The molecule has 9 nitrogen and oxygen atoms in total. The molecule has 0 unspecified atom stereocenters. The molecule has 3 N–H and O–H groups in total. The molecule has 1 aliphatic rings. The zero-order valence-electron chi connectivity index (χ0n) is 18.3. The van der Waals surface area contributed by atoms with Gasteiger partial charge in [-0.3, -0.25) is 14.4 Å². The van der Waals surface area contributed by atoms with Crippen LogP contribution < -0.4 is 10.8 Å². The maximum Gasteiger partial charge on any atom is 0.277 e. The number of halogens is 4. The second-order valence-corrected chi connectivity index (χ2v) is 8.57. The predicted octanol–water partition coefficient (Wildman–Crippen LogP) is 3.08. The number of anilines is 2. The van der Waals surface area contributed by atoms with Gasteiger partial charge in [0.1, 0.15) is 12.4 Å². The lowest BCUT2D eigenvalue weighted by Crippen LogP contribution is -2.28. The molecule has 1 fully saturated rings. The lowest BCUT2D eigenvalue weighted by molar-refractivity contribution is -0.128. The first-order chi connectivity index (χ1) is 16.8. The van der Waals surface area contributed by atoms with Gasteiger partial charge in [0.25, 0.3) is 5.91 Å². The third-order valence-corrected chi connectivity index (χ3v) is 5.59. The SMILES string of the molecule is O=C(NOCCO)c1cc(C=NOCCN2CCCC2=O)c(F)c(F)c1Nc1ccc(I)cc1F. The molecule has 0 spiro atoms. The Morgan fingerprint density at radius 3 is 2.71 bits per heavy atom. The van der Waals surface area contributed by atoms with Gasteiger partial charge >= 0.3 is 0 Å². The van der Waals surface area contributed by atoms with E-state index in [1.54, 1.807) is 11.0 Å². The highest BCUT2D eigenvalue weighted by molar-refractivity contribution is 14.1. The van der Waals surface area contributed by atoms with Gasteiger partial charge in [-0.25, -0.2) is 18.7 Å². The fraction of sp³-hybridized carbons (Fsp3) is 0.318. The number of hydroxylamine groups is 1. The van der Waals surface area contributed by atoms with E-state index in [2.05, 4.69) is 10.5 Å². The largest absolute Gasteiger partial charge is 0.394 e. The number of nitrogens with zero attached hydrogens (tertiary/aromatic N) is 2. The van der Waals surface area contributed by atoms with Crippen molar-refractivity contribution in [1.29, 1.82) is 0 Å². The van der Waals surface area contributed by atoms with Gasteiger partial charge in [0.2, 0.25) is 5.91 Å². The molecule has 0 bridgehead atoms. The van der Waals surface area contributed by atoms with Crippen molar-refractivity contribution in [2.45, 2.75) is 12.8 Å². The van der Waals surface area contributed by atoms with Crippen LogP contribution in [0, 0.1) is 21.0 Å². The number of carbonyl (C=O) groups excluding carboxylic acids is 2. The number of aliphatic hydroxyl groups is 1. The van der Waals surface area contributed by atoms with E-state index >= 15 is 4.39 Å². The van der Waals surface area contributed by atoms with Gasteiger partial charge in [-0.15, -0.1) is 0 Å². The number of aliphatic hydroxyl groups excluding tert-OH is 1. The number of hydrogen-bond donors (Lipinski definition) is 3. The van der Waals surface area contributed by atoms with Gasteiger partial charge in [0.05, 0.1) is 42.9 Å². The summed E-state index contributed by atoms with van der Waals surface area (Å²) in [4.78, 5) is 35.6. The molecule has 0 atom stereocenters. The second kappa shape index (κ2) is 12.7. The average molecular weight is 606 g/mol. The van der Waals surface area contributed by atoms with Crippen molar-refractivity contribution in [2.75, 3.05) is 38.2 Å². The van der Waals surface area contributed by atoms with Crippen LogP contribution in [0.4, 0.5) is 24.5 Å². The van der Waals surface area contributed by atoms with Gasteiger partial charge in [-0.05, 0) is 53.3 Å². The van der Waals surface area contributed by atoms with Crippen LogP contribution in [0.3, 0.4) is 0 Å². The molecule has 1 heterocycles. The van der Waals surface area contributed by atoms with Crippen LogP contribution >= 0.6 is 22.6 Å². The number of rotatable bonds is 11. The third-order valence-electron chi connectivity index (χ3n) is 4.92. The number of hydrogen-bond acceptors (Lipinski definition) is 7.